The monoisotopic (exact) mass is 826 g/mol. The van der Waals surface area contributed by atoms with Crippen molar-refractivity contribution in [2.24, 2.45) is 23.2 Å². The van der Waals surface area contributed by atoms with E-state index in [2.05, 4.69) is 67.3 Å². The number of hydrazine groups is 1. The van der Waals surface area contributed by atoms with Gasteiger partial charge in [0.1, 0.15) is 12.1 Å². The van der Waals surface area contributed by atoms with Gasteiger partial charge in [-0.3, -0.25) is 24.4 Å². The zero-order valence-corrected chi connectivity index (χ0v) is 35.9. The van der Waals surface area contributed by atoms with Gasteiger partial charge in [0.25, 0.3) is 5.91 Å². The molecule has 14 heteroatoms. The normalized spacial score (nSPS) is 25.7. The van der Waals surface area contributed by atoms with E-state index in [9.17, 15) is 14.4 Å². The van der Waals surface area contributed by atoms with Crippen LogP contribution in [0.4, 0.5) is 0 Å². The number of benzene rings is 1. The highest BCUT2D eigenvalue weighted by Crippen LogP contribution is 2.46. The molecule has 316 valence electrons. The second-order valence-electron chi connectivity index (χ2n) is 17.6. The second kappa shape index (κ2) is 17.4. The Morgan fingerprint density at radius 3 is 2.69 bits per heavy atom. The number of esters is 1. The van der Waals surface area contributed by atoms with Gasteiger partial charge in [0.05, 0.1) is 47.5 Å². The van der Waals surface area contributed by atoms with E-state index in [0.717, 1.165) is 62.5 Å². The molecule has 0 radical (unpaired) electrons. The molecule has 1 saturated carbocycles. The Labute approximate surface area is 350 Å². The van der Waals surface area contributed by atoms with E-state index in [-0.39, 0.29) is 54.8 Å². The average molecular weight is 827 g/mol. The minimum absolute atomic E-state index is 0.120. The van der Waals surface area contributed by atoms with Crippen molar-refractivity contribution in [3.63, 3.8) is 0 Å². The second-order valence-corrected chi connectivity index (χ2v) is 18.5. The summed E-state index contributed by atoms with van der Waals surface area (Å²) in [5.41, 5.74) is 9.43. The van der Waals surface area contributed by atoms with Crippen molar-refractivity contribution < 1.29 is 33.3 Å². The predicted molar refractivity (Wildman–Crippen MR) is 225 cm³/mol. The summed E-state index contributed by atoms with van der Waals surface area (Å²) >= 11 is 1.48. The van der Waals surface area contributed by atoms with E-state index in [1.54, 1.807) is 7.11 Å². The fourth-order valence-corrected chi connectivity index (χ4v) is 9.88. The van der Waals surface area contributed by atoms with Crippen molar-refractivity contribution in [2.45, 2.75) is 104 Å². The molecule has 4 aromatic rings. The minimum Gasteiger partial charge on any atom is -0.464 e. The number of rotatable bonds is 9. The summed E-state index contributed by atoms with van der Waals surface area (Å²) in [6, 6.07) is 9.03. The van der Waals surface area contributed by atoms with E-state index < -0.39 is 23.5 Å². The van der Waals surface area contributed by atoms with E-state index >= 15 is 0 Å². The molecule has 3 fully saturated rings. The fourth-order valence-electron chi connectivity index (χ4n) is 9.03. The largest absolute Gasteiger partial charge is 0.464 e. The number of fused-ring (bicyclic) bond motifs is 6. The van der Waals surface area contributed by atoms with Crippen LogP contribution in [-0.2, 0) is 52.7 Å². The number of aromatic nitrogens is 3. The first-order valence-corrected chi connectivity index (χ1v) is 22.1. The van der Waals surface area contributed by atoms with Crippen LogP contribution >= 0.6 is 11.3 Å². The average Bonchev–Trinajstić information content (AvgIpc) is 3.50. The first-order chi connectivity index (χ1) is 28.4. The van der Waals surface area contributed by atoms with Crippen LogP contribution in [0.3, 0.4) is 0 Å². The summed E-state index contributed by atoms with van der Waals surface area (Å²) < 4.78 is 26.4. The van der Waals surface area contributed by atoms with Crippen molar-refractivity contribution in [1.29, 1.82) is 0 Å². The zero-order valence-electron chi connectivity index (χ0n) is 35.1. The molecular formula is C45H58N6O7S. The fraction of sp³-hybridized carbons (Fsp3) is 0.578. The Morgan fingerprint density at radius 1 is 1.14 bits per heavy atom. The number of carbonyl (C=O) groups excluding carboxylic acids is 3. The van der Waals surface area contributed by atoms with Gasteiger partial charge in [-0.05, 0) is 80.7 Å². The lowest BCUT2D eigenvalue weighted by Crippen LogP contribution is -2.60. The number of nitrogens with one attached hydrogen (secondary N) is 2. The number of nitrogens with zero attached hydrogens (tertiary/aromatic N) is 4. The van der Waals surface area contributed by atoms with Gasteiger partial charge in [-0.25, -0.2) is 10.4 Å². The summed E-state index contributed by atoms with van der Waals surface area (Å²) in [6.45, 7) is 13.5. The Hall–Kier alpha value is -4.21. The van der Waals surface area contributed by atoms with Crippen molar-refractivity contribution in [2.75, 3.05) is 40.1 Å². The van der Waals surface area contributed by atoms with E-state index in [1.165, 1.54) is 16.3 Å². The predicted octanol–water partition coefficient (Wildman–Crippen LogP) is 6.28. The molecule has 1 aromatic carbocycles. The maximum atomic E-state index is 14.2. The van der Waals surface area contributed by atoms with Crippen molar-refractivity contribution in [1.82, 2.24) is 30.3 Å². The summed E-state index contributed by atoms with van der Waals surface area (Å²) in [6.07, 6.45) is 5.42. The number of methoxy groups -OCH3 is 1. The molecule has 2 N–H and O–H groups in total. The minimum atomic E-state index is -0.848. The van der Waals surface area contributed by atoms with Crippen LogP contribution in [0, 0.1) is 23.2 Å². The third-order valence-corrected chi connectivity index (χ3v) is 13.7. The standard InChI is InChI=1S/C45H58N6O7S/c1-26-27(2)39(26)42(52)48-35-22-38-47-36(24-59-38)29-11-12-37-32(21-29)33(23-45(4,5)25-58-44(54)34-10-8-16-51(49-34)43(35)53)41(31-9-7-15-46-40(31)28(3)55-6)50(37)17-20-57-30-13-18-56-19-14-30/h7,9,11-12,15,21,24,26-28,30,34-35,39,49H,8,10,13-14,16-20,22-23,25H2,1-6H3,(H,48,52)/t26-,27+,28-,34-,35-,39?/m0/s1. The Kier molecular flexibility index (Phi) is 12.3. The van der Waals surface area contributed by atoms with Gasteiger partial charge in [0, 0.05) is 84.8 Å². The lowest BCUT2D eigenvalue weighted by molar-refractivity contribution is -0.155. The molecule has 0 spiro atoms. The summed E-state index contributed by atoms with van der Waals surface area (Å²) in [5, 5.41) is 8.41. The Balaban J connectivity index is 1.24. The number of hydrogen-bond acceptors (Lipinski definition) is 11. The maximum Gasteiger partial charge on any atom is 0.324 e. The smallest absolute Gasteiger partial charge is 0.324 e. The van der Waals surface area contributed by atoms with Crippen LogP contribution in [0.2, 0.25) is 0 Å². The van der Waals surface area contributed by atoms with Gasteiger partial charge in [-0.1, -0.05) is 33.8 Å². The molecule has 2 amide bonds. The number of thiazole rings is 1. The first-order valence-electron chi connectivity index (χ1n) is 21.2. The third kappa shape index (κ3) is 8.83. The highest BCUT2D eigenvalue weighted by atomic mass is 32.1. The van der Waals surface area contributed by atoms with Crippen LogP contribution < -0.4 is 10.7 Å². The highest BCUT2D eigenvalue weighted by Gasteiger charge is 2.49. The molecule has 6 atom stereocenters. The van der Waals surface area contributed by atoms with Gasteiger partial charge in [0.15, 0.2) is 0 Å². The number of ether oxygens (including phenoxy) is 4. The number of pyridine rings is 1. The van der Waals surface area contributed by atoms with Gasteiger partial charge >= 0.3 is 5.97 Å². The maximum absolute atomic E-state index is 14.2. The number of cyclic esters (lactones) is 1. The van der Waals surface area contributed by atoms with Crippen LogP contribution in [0.15, 0.2) is 41.9 Å². The first kappa shape index (κ1) is 41.5. The molecule has 13 nitrogen and oxygen atoms in total. The summed E-state index contributed by atoms with van der Waals surface area (Å²) in [5.74, 6) is -0.416. The highest BCUT2D eigenvalue weighted by molar-refractivity contribution is 7.10. The lowest BCUT2D eigenvalue weighted by atomic mass is 9.84. The molecule has 59 heavy (non-hydrogen) atoms. The molecular weight excluding hydrogens is 769 g/mol. The molecule has 4 aliphatic rings. The van der Waals surface area contributed by atoms with E-state index in [1.807, 2.05) is 24.6 Å². The lowest BCUT2D eigenvalue weighted by Gasteiger charge is -2.35. The molecule has 6 bridgehead atoms. The molecule has 2 saturated heterocycles. The molecule has 8 rings (SSSR count). The summed E-state index contributed by atoms with van der Waals surface area (Å²) in [7, 11) is 1.70. The number of hydrogen-bond donors (Lipinski definition) is 2. The van der Waals surface area contributed by atoms with Gasteiger partial charge < -0.3 is 28.8 Å². The van der Waals surface area contributed by atoms with Gasteiger partial charge in [-0.2, -0.15) is 0 Å². The van der Waals surface area contributed by atoms with Gasteiger partial charge in [0.2, 0.25) is 5.91 Å². The van der Waals surface area contributed by atoms with Crippen molar-refractivity contribution in [3.8, 4) is 22.5 Å². The van der Waals surface area contributed by atoms with Crippen LogP contribution in [-0.4, -0.2) is 95.6 Å². The Bertz CT molecular complexity index is 2170. The molecule has 1 aliphatic carbocycles. The van der Waals surface area contributed by atoms with Crippen LogP contribution in [0.5, 0.6) is 0 Å². The van der Waals surface area contributed by atoms with Gasteiger partial charge in [-0.15, -0.1) is 11.3 Å². The van der Waals surface area contributed by atoms with Crippen LogP contribution in [0.1, 0.15) is 82.7 Å². The molecule has 3 aliphatic heterocycles. The molecule has 3 aromatic heterocycles. The molecule has 6 heterocycles. The number of carbonyl (C=O) groups is 3. The topological polar surface area (TPSA) is 146 Å². The zero-order chi connectivity index (χ0) is 41.4. The van der Waals surface area contributed by atoms with Crippen molar-refractivity contribution >= 4 is 40.0 Å². The third-order valence-electron chi connectivity index (χ3n) is 12.8. The van der Waals surface area contributed by atoms with Crippen LogP contribution in [0.25, 0.3) is 33.4 Å². The van der Waals surface area contributed by atoms with Crippen molar-refractivity contribution in [3.05, 3.63) is 58.2 Å². The SMILES string of the molecule is CO[C@@H](C)c1ncccc1-c1c2c3cc(ccc3n1CCOC1CCOCC1)-c1csc(n1)C[C@H](NC(=O)C1[C@@H](C)[C@H]1C)C(=O)N1CCC[C@H](N1)C(=O)OCC(C)(C)C2. The molecule has 1 unspecified atom stereocenters. The summed E-state index contributed by atoms with van der Waals surface area (Å²) in [4.78, 5) is 51.4. The number of amides is 2. The van der Waals surface area contributed by atoms with E-state index in [4.69, 9.17) is 28.9 Å². The quantitative estimate of drug-likeness (QED) is 0.185. The van der Waals surface area contributed by atoms with E-state index in [0.29, 0.717) is 52.2 Å². The Morgan fingerprint density at radius 2 is 1.93 bits per heavy atom.